The first-order valence-electron chi connectivity index (χ1n) is 12.0. The normalized spacial score (nSPS) is 19.5. The molecule has 0 aliphatic carbocycles. The topological polar surface area (TPSA) is 180 Å². The van der Waals surface area contributed by atoms with Crippen molar-refractivity contribution in [2.24, 2.45) is 5.92 Å². The SMILES string of the molecule is O=C(O)CCCCCCCCCCC1CN(CC(=O)O)CC(NCC(=O)O)N(NCC(=O)O)C1. The number of unbranched alkanes of at least 4 members (excludes halogenated alkanes) is 7. The molecule has 0 radical (unpaired) electrons. The molecule has 1 aliphatic rings. The number of carbonyl (C=O) groups is 4. The molecule has 0 saturated carbocycles. The molecule has 34 heavy (non-hydrogen) atoms. The molecule has 0 spiro atoms. The summed E-state index contributed by atoms with van der Waals surface area (Å²) < 4.78 is 0. The van der Waals surface area contributed by atoms with E-state index in [-0.39, 0.29) is 38.5 Å². The summed E-state index contributed by atoms with van der Waals surface area (Å²) >= 11 is 0. The lowest BCUT2D eigenvalue weighted by Gasteiger charge is -2.32. The van der Waals surface area contributed by atoms with Gasteiger partial charge in [-0.05, 0) is 18.8 Å². The quantitative estimate of drug-likeness (QED) is 0.142. The fourth-order valence-corrected chi connectivity index (χ4v) is 4.24. The summed E-state index contributed by atoms with van der Waals surface area (Å²) in [5.74, 6) is -3.70. The van der Waals surface area contributed by atoms with Gasteiger partial charge in [0, 0.05) is 26.1 Å². The van der Waals surface area contributed by atoms with E-state index in [0.29, 0.717) is 13.1 Å². The maximum absolute atomic E-state index is 11.3. The molecule has 6 N–H and O–H groups in total. The van der Waals surface area contributed by atoms with Gasteiger partial charge in [0.05, 0.1) is 19.3 Å². The van der Waals surface area contributed by atoms with Gasteiger partial charge in [-0.2, -0.15) is 0 Å². The Bertz CT molecular complexity index is 648. The Balaban J connectivity index is 2.54. The smallest absolute Gasteiger partial charge is 0.318 e. The third-order valence-corrected chi connectivity index (χ3v) is 5.81. The average Bonchev–Trinajstić information content (AvgIpc) is 2.90. The lowest BCUT2D eigenvalue weighted by atomic mass is 9.99. The number of carboxylic acid groups (broad SMARTS) is 4. The van der Waals surface area contributed by atoms with Crippen LogP contribution in [0.1, 0.15) is 64.2 Å². The van der Waals surface area contributed by atoms with E-state index < -0.39 is 30.0 Å². The van der Waals surface area contributed by atoms with Gasteiger partial charge in [-0.1, -0.05) is 44.9 Å². The van der Waals surface area contributed by atoms with Gasteiger partial charge in [-0.3, -0.25) is 29.4 Å². The molecule has 1 fully saturated rings. The highest BCUT2D eigenvalue weighted by atomic mass is 16.4. The highest BCUT2D eigenvalue weighted by Gasteiger charge is 2.31. The Morgan fingerprint density at radius 3 is 1.82 bits per heavy atom. The number of rotatable bonds is 19. The number of hydrogen-bond donors (Lipinski definition) is 6. The minimum Gasteiger partial charge on any atom is -0.481 e. The van der Waals surface area contributed by atoms with Crippen LogP contribution in [0.25, 0.3) is 0 Å². The Kier molecular flexibility index (Phi) is 15.0. The molecule has 1 rings (SSSR count). The van der Waals surface area contributed by atoms with Gasteiger partial charge < -0.3 is 20.4 Å². The van der Waals surface area contributed by atoms with E-state index in [1.807, 2.05) is 0 Å². The van der Waals surface area contributed by atoms with E-state index in [4.69, 9.17) is 15.3 Å². The second kappa shape index (κ2) is 17.2. The zero-order chi connectivity index (χ0) is 25.3. The molecule has 1 aliphatic heterocycles. The molecule has 2 unspecified atom stereocenters. The molecule has 1 saturated heterocycles. The van der Waals surface area contributed by atoms with E-state index in [9.17, 15) is 24.3 Å². The molecule has 0 bridgehead atoms. The first kappa shape index (κ1) is 29.8. The van der Waals surface area contributed by atoms with Crippen molar-refractivity contribution < 1.29 is 39.6 Å². The van der Waals surface area contributed by atoms with Crippen LogP contribution >= 0.6 is 0 Å². The molecule has 12 nitrogen and oxygen atoms in total. The molecule has 0 aromatic heterocycles. The molecular weight excluding hydrogens is 448 g/mol. The molecule has 2 atom stereocenters. The number of nitrogens with one attached hydrogen (secondary N) is 2. The van der Waals surface area contributed by atoms with E-state index in [2.05, 4.69) is 10.7 Å². The first-order valence-corrected chi connectivity index (χ1v) is 12.0. The van der Waals surface area contributed by atoms with Crippen LogP contribution in [-0.4, -0.2) is 99.6 Å². The molecule has 1 heterocycles. The van der Waals surface area contributed by atoms with E-state index >= 15 is 0 Å². The summed E-state index contributed by atoms with van der Waals surface area (Å²) in [6, 6.07) is 0. The highest BCUT2D eigenvalue weighted by molar-refractivity contribution is 5.70. The van der Waals surface area contributed by atoms with Crippen LogP contribution in [0.3, 0.4) is 0 Å². The minimum atomic E-state index is -1.05. The second-order valence-corrected chi connectivity index (χ2v) is 8.89. The zero-order valence-electron chi connectivity index (χ0n) is 19.8. The molecule has 0 aromatic rings. The molecule has 0 aromatic carbocycles. The van der Waals surface area contributed by atoms with E-state index in [0.717, 1.165) is 57.8 Å². The monoisotopic (exact) mass is 488 g/mol. The van der Waals surface area contributed by atoms with Crippen molar-refractivity contribution in [3.63, 3.8) is 0 Å². The van der Waals surface area contributed by atoms with E-state index in [1.54, 1.807) is 9.91 Å². The Morgan fingerprint density at radius 2 is 1.26 bits per heavy atom. The van der Waals surface area contributed by atoms with Gasteiger partial charge in [-0.25, -0.2) is 10.4 Å². The summed E-state index contributed by atoms with van der Waals surface area (Å²) in [5, 5.41) is 40.6. The maximum Gasteiger partial charge on any atom is 0.318 e. The van der Waals surface area contributed by atoms with Crippen LogP contribution in [0.5, 0.6) is 0 Å². The maximum atomic E-state index is 11.3. The lowest BCUT2D eigenvalue weighted by Crippen LogP contribution is -2.58. The van der Waals surface area contributed by atoms with Crippen LogP contribution in [0.4, 0.5) is 0 Å². The predicted octanol–water partition coefficient (Wildman–Crippen LogP) is 0.880. The van der Waals surface area contributed by atoms with Crippen molar-refractivity contribution in [1.82, 2.24) is 20.7 Å². The summed E-state index contributed by atoms with van der Waals surface area (Å²) in [6.45, 7) is 0.457. The van der Waals surface area contributed by atoms with Gasteiger partial charge in [0.2, 0.25) is 0 Å². The fraction of sp³-hybridized carbons (Fsp3) is 0.818. The van der Waals surface area contributed by atoms with Gasteiger partial charge in [0.25, 0.3) is 0 Å². The Labute approximate surface area is 200 Å². The van der Waals surface area contributed by atoms with Crippen molar-refractivity contribution in [1.29, 1.82) is 0 Å². The summed E-state index contributed by atoms with van der Waals surface area (Å²) in [6.07, 6.45) is 8.48. The van der Waals surface area contributed by atoms with Gasteiger partial charge in [0.15, 0.2) is 0 Å². The van der Waals surface area contributed by atoms with Gasteiger partial charge in [-0.15, -0.1) is 0 Å². The number of nitrogens with zero attached hydrogens (tertiary/aromatic N) is 2. The number of hydrazine groups is 1. The predicted molar refractivity (Wildman–Crippen MR) is 123 cm³/mol. The summed E-state index contributed by atoms with van der Waals surface area (Å²) in [4.78, 5) is 45.7. The third kappa shape index (κ3) is 14.8. The van der Waals surface area contributed by atoms with Gasteiger partial charge >= 0.3 is 23.9 Å². The van der Waals surface area contributed by atoms with Crippen molar-refractivity contribution in [3.05, 3.63) is 0 Å². The van der Waals surface area contributed by atoms with Crippen LogP contribution in [-0.2, 0) is 19.2 Å². The van der Waals surface area contributed by atoms with Crippen LogP contribution in [0.2, 0.25) is 0 Å². The summed E-state index contributed by atoms with van der Waals surface area (Å²) in [5.41, 5.74) is 2.85. The largest absolute Gasteiger partial charge is 0.481 e. The number of aliphatic carboxylic acids is 4. The van der Waals surface area contributed by atoms with E-state index in [1.165, 1.54) is 0 Å². The van der Waals surface area contributed by atoms with Crippen molar-refractivity contribution in [2.75, 3.05) is 39.3 Å². The Hall–Kier alpha value is -2.28. The Morgan fingerprint density at radius 1 is 0.676 bits per heavy atom. The highest BCUT2D eigenvalue weighted by Crippen LogP contribution is 2.19. The van der Waals surface area contributed by atoms with Crippen molar-refractivity contribution in [2.45, 2.75) is 70.4 Å². The van der Waals surface area contributed by atoms with Crippen LogP contribution in [0.15, 0.2) is 0 Å². The minimum absolute atomic E-state index is 0.105. The first-order chi connectivity index (χ1) is 16.2. The fourth-order valence-electron chi connectivity index (χ4n) is 4.24. The van der Waals surface area contributed by atoms with Crippen LogP contribution in [0, 0.1) is 5.92 Å². The summed E-state index contributed by atoms with van der Waals surface area (Å²) in [7, 11) is 0. The molecular formula is C22H40N4O8. The molecule has 12 heteroatoms. The number of carboxylic acids is 4. The van der Waals surface area contributed by atoms with Crippen molar-refractivity contribution in [3.8, 4) is 0 Å². The molecule has 0 amide bonds. The van der Waals surface area contributed by atoms with Crippen molar-refractivity contribution >= 4 is 23.9 Å². The molecule has 196 valence electrons. The van der Waals surface area contributed by atoms with Crippen LogP contribution < -0.4 is 10.7 Å². The third-order valence-electron chi connectivity index (χ3n) is 5.81. The zero-order valence-corrected chi connectivity index (χ0v) is 19.8. The van der Waals surface area contributed by atoms with Gasteiger partial charge in [0.1, 0.15) is 6.54 Å². The standard InChI is InChI=1S/C22H40N4O8/c27-19(28)10-8-6-4-2-1-3-5-7-9-17-13-25(16-22(33)34)15-18(23-11-20(29)30)26(14-17)24-12-21(31)32/h17-18,23-24H,1-16H2,(H,27,28)(H,29,30)(H,31,32)(H,33,34). The average molecular weight is 489 g/mol. The second-order valence-electron chi connectivity index (χ2n) is 8.89. The lowest BCUT2D eigenvalue weighted by molar-refractivity contribution is -0.139. The number of hydrogen-bond acceptors (Lipinski definition) is 8.